The van der Waals surface area contributed by atoms with Crippen molar-refractivity contribution < 1.29 is 14.3 Å². The lowest BCUT2D eigenvalue weighted by molar-refractivity contribution is -0.156. The van der Waals surface area contributed by atoms with E-state index < -0.39 is 11.9 Å². The second-order valence-corrected chi connectivity index (χ2v) is 7.01. The molecule has 0 aliphatic heterocycles. The summed E-state index contributed by atoms with van der Waals surface area (Å²) in [5.41, 5.74) is 0. The molecule has 0 aliphatic rings. The Hall–Kier alpha value is -1.64. The maximum Gasteiger partial charge on any atom is 0.338 e. The van der Waals surface area contributed by atoms with Crippen molar-refractivity contribution >= 4 is 11.9 Å². The lowest BCUT2D eigenvalue weighted by Crippen LogP contribution is -2.09. The van der Waals surface area contributed by atoms with Crippen molar-refractivity contribution in [3.05, 3.63) is 36.5 Å². The molecule has 3 nitrogen and oxygen atoms in total. The minimum atomic E-state index is -0.592. The number of esters is 2. The van der Waals surface area contributed by atoms with Crippen LogP contribution in [0.2, 0.25) is 0 Å². The number of ether oxygens (including phenoxy) is 1. The molecule has 0 atom stereocenters. The van der Waals surface area contributed by atoms with Crippen LogP contribution in [0.1, 0.15) is 104 Å². The number of hydrogen-bond acceptors (Lipinski definition) is 3. The number of unbranched alkanes of at least 4 members (excludes halogenated alkanes) is 11. The largest absolute Gasteiger partial charge is 0.390 e. The molecule has 0 rings (SSSR count). The van der Waals surface area contributed by atoms with Crippen molar-refractivity contribution in [3.63, 3.8) is 0 Å². The van der Waals surface area contributed by atoms with E-state index in [1.165, 1.54) is 63.9 Å². The Balaban J connectivity index is 3.38. The van der Waals surface area contributed by atoms with Crippen molar-refractivity contribution in [2.75, 3.05) is 0 Å². The second kappa shape index (κ2) is 20.7. The summed E-state index contributed by atoms with van der Waals surface area (Å²) in [6.07, 6.45) is 27.2. The number of allylic oxidation sites excluding steroid dienone is 5. The van der Waals surface area contributed by atoms with Crippen molar-refractivity contribution in [1.82, 2.24) is 0 Å². The minimum Gasteiger partial charge on any atom is -0.390 e. The van der Waals surface area contributed by atoms with Crippen molar-refractivity contribution in [1.29, 1.82) is 0 Å². The van der Waals surface area contributed by atoms with Crippen LogP contribution in [0.5, 0.6) is 0 Å². The SMILES string of the molecule is C/C=C/C=C/C(=O)OC(=O)CCCCCCC/C=C/CCCCCCCC. The highest BCUT2D eigenvalue weighted by Crippen LogP contribution is 2.10. The van der Waals surface area contributed by atoms with Crippen LogP contribution in [-0.4, -0.2) is 11.9 Å². The molecule has 0 radical (unpaired) electrons. The van der Waals surface area contributed by atoms with Gasteiger partial charge in [0.05, 0.1) is 0 Å². The average Bonchev–Trinajstić information content (AvgIpc) is 2.65. The Morgan fingerprint density at radius 2 is 1.30 bits per heavy atom. The highest BCUT2D eigenvalue weighted by atomic mass is 16.6. The maximum absolute atomic E-state index is 11.5. The fourth-order valence-electron chi connectivity index (χ4n) is 2.78. The molecule has 0 spiro atoms. The van der Waals surface area contributed by atoms with E-state index in [1.54, 1.807) is 18.2 Å². The molecule has 0 N–H and O–H groups in total. The van der Waals surface area contributed by atoms with Gasteiger partial charge in [0.25, 0.3) is 0 Å². The topological polar surface area (TPSA) is 43.4 Å². The Morgan fingerprint density at radius 3 is 1.89 bits per heavy atom. The molecule has 3 heteroatoms. The zero-order valence-electron chi connectivity index (χ0n) is 17.6. The number of carbonyl (C=O) groups is 2. The van der Waals surface area contributed by atoms with Gasteiger partial charge in [-0.05, 0) is 39.0 Å². The van der Waals surface area contributed by atoms with Crippen molar-refractivity contribution in [2.24, 2.45) is 0 Å². The van der Waals surface area contributed by atoms with Gasteiger partial charge in [-0.2, -0.15) is 0 Å². The summed E-state index contributed by atoms with van der Waals surface area (Å²) in [6.45, 7) is 4.11. The first kappa shape index (κ1) is 25.4. The van der Waals surface area contributed by atoms with Crippen LogP contribution in [0.25, 0.3) is 0 Å². The molecule has 0 aromatic heterocycles. The van der Waals surface area contributed by atoms with Gasteiger partial charge in [-0.1, -0.05) is 88.7 Å². The minimum absolute atomic E-state index is 0.321. The van der Waals surface area contributed by atoms with E-state index in [-0.39, 0.29) is 0 Å². The zero-order valence-corrected chi connectivity index (χ0v) is 17.6. The number of carbonyl (C=O) groups excluding carboxylic acids is 2. The Labute approximate surface area is 167 Å². The van der Waals surface area contributed by atoms with Crippen LogP contribution in [0.4, 0.5) is 0 Å². The number of rotatable bonds is 17. The van der Waals surface area contributed by atoms with Crippen LogP contribution in [-0.2, 0) is 14.3 Å². The van der Waals surface area contributed by atoms with Crippen LogP contribution in [0, 0.1) is 0 Å². The lowest BCUT2D eigenvalue weighted by atomic mass is 10.1. The van der Waals surface area contributed by atoms with Gasteiger partial charge >= 0.3 is 11.9 Å². The zero-order chi connectivity index (χ0) is 20.0. The molecule has 0 unspecified atom stereocenters. The Bertz CT molecular complexity index is 447. The van der Waals surface area contributed by atoms with E-state index in [1.807, 2.05) is 6.92 Å². The maximum atomic E-state index is 11.5. The predicted octanol–water partition coefficient (Wildman–Crippen LogP) is 7.23. The van der Waals surface area contributed by atoms with Gasteiger partial charge in [-0.3, -0.25) is 4.79 Å². The molecule has 0 aromatic rings. The molecule has 154 valence electrons. The molecule has 0 saturated heterocycles. The Kier molecular flexibility index (Phi) is 19.4. The standard InChI is InChI=1S/C24H40O3/c1-3-5-7-8-9-10-11-12-13-14-15-16-17-18-20-22-24(26)27-23(25)21-19-6-4-2/h4,6,12-13,19,21H,3,5,7-11,14-18,20,22H2,1-2H3/b6-4+,13-12+,21-19+. The van der Waals surface area contributed by atoms with Gasteiger partial charge in [-0.25, -0.2) is 4.79 Å². The van der Waals surface area contributed by atoms with Crippen LogP contribution < -0.4 is 0 Å². The summed E-state index contributed by atoms with van der Waals surface area (Å²) in [7, 11) is 0. The summed E-state index contributed by atoms with van der Waals surface area (Å²) in [6, 6.07) is 0. The fraction of sp³-hybridized carbons (Fsp3) is 0.667. The van der Waals surface area contributed by atoms with Gasteiger partial charge in [0.15, 0.2) is 0 Å². The summed E-state index contributed by atoms with van der Waals surface area (Å²) in [5.74, 6) is -1.02. The van der Waals surface area contributed by atoms with Gasteiger partial charge < -0.3 is 4.74 Å². The van der Waals surface area contributed by atoms with E-state index >= 15 is 0 Å². The predicted molar refractivity (Wildman–Crippen MR) is 115 cm³/mol. The van der Waals surface area contributed by atoms with Crippen molar-refractivity contribution in [3.8, 4) is 0 Å². The molecule has 0 fully saturated rings. The molecule has 0 aromatic carbocycles. The quantitative estimate of drug-likeness (QED) is 0.0671. The lowest BCUT2D eigenvalue weighted by Gasteiger charge is -2.01. The summed E-state index contributed by atoms with van der Waals surface area (Å²) in [4.78, 5) is 22.8. The first-order chi connectivity index (χ1) is 13.2. The van der Waals surface area contributed by atoms with Crippen molar-refractivity contribution in [2.45, 2.75) is 104 Å². The van der Waals surface area contributed by atoms with Gasteiger partial charge in [0.1, 0.15) is 0 Å². The van der Waals surface area contributed by atoms with E-state index in [4.69, 9.17) is 4.74 Å². The summed E-state index contributed by atoms with van der Waals surface area (Å²) < 4.78 is 4.71. The van der Waals surface area contributed by atoms with Gasteiger partial charge in [0, 0.05) is 12.5 Å². The third kappa shape index (κ3) is 20.5. The first-order valence-corrected chi connectivity index (χ1v) is 10.9. The van der Waals surface area contributed by atoms with E-state index in [0.717, 1.165) is 25.7 Å². The molecule has 27 heavy (non-hydrogen) atoms. The third-order valence-corrected chi connectivity index (χ3v) is 4.39. The monoisotopic (exact) mass is 376 g/mol. The van der Waals surface area contributed by atoms with Gasteiger partial charge in [0.2, 0.25) is 0 Å². The van der Waals surface area contributed by atoms with Crippen LogP contribution >= 0.6 is 0 Å². The fourth-order valence-corrected chi connectivity index (χ4v) is 2.78. The summed E-state index contributed by atoms with van der Waals surface area (Å²) in [5, 5.41) is 0. The van der Waals surface area contributed by atoms with Gasteiger partial charge in [-0.15, -0.1) is 0 Å². The molecule has 0 amide bonds. The van der Waals surface area contributed by atoms with Crippen LogP contribution in [0.3, 0.4) is 0 Å². The molecule has 0 heterocycles. The van der Waals surface area contributed by atoms with Crippen LogP contribution in [0.15, 0.2) is 36.5 Å². The molecular formula is C24H40O3. The third-order valence-electron chi connectivity index (χ3n) is 4.39. The van der Waals surface area contributed by atoms with E-state index in [2.05, 4.69) is 19.1 Å². The highest BCUT2D eigenvalue weighted by molar-refractivity contribution is 5.92. The molecule has 0 aliphatic carbocycles. The normalized spacial score (nSPS) is 11.8. The highest BCUT2D eigenvalue weighted by Gasteiger charge is 2.06. The van der Waals surface area contributed by atoms with E-state index in [0.29, 0.717) is 6.42 Å². The first-order valence-electron chi connectivity index (χ1n) is 10.9. The smallest absolute Gasteiger partial charge is 0.338 e. The second-order valence-electron chi connectivity index (χ2n) is 7.01. The number of hydrogen-bond donors (Lipinski definition) is 0. The molecular weight excluding hydrogens is 336 g/mol. The Morgan fingerprint density at radius 1 is 0.741 bits per heavy atom. The summed E-state index contributed by atoms with van der Waals surface area (Å²) >= 11 is 0. The molecule has 0 saturated carbocycles. The average molecular weight is 377 g/mol. The molecule has 0 bridgehead atoms. The van der Waals surface area contributed by atoms with E-state index in [9.17, 15) is 9.59 Å².